The van der Waals surface area contributed by atoms with Crippen molar-refractivity contribution >= 4 is 39.1 Å². The molecule has 0 aliphatic carbocycles. The number of anilines is 1. The van der Waals surface area contributed by atoms with E-state index < -0.39 is 21.9 Å². The molecule has 0 fully saturated rings. The Labute approximate surface area is 247 Å². The van der Waals surface area contributed by atoms with Crippen LogP contribution in [0.5, 0.6) is 0 Å². The van der Waals surface area contributed by atoms with E-state index in [1.807, 2.05) is 43.3 Å². The molecule has 1 atom stereocenters. The minimum absolute atomic E-state index is 0.00130. The van der Waals surface area contributed by atoms with Gasteiger partial charge in [-0.1, -0.05) is 67.4 Å². The van der Waals surface area contributed by atoms with Crippen molar-refractivity contribution in [2.24, 2.45) is 0 Å². The Morgan fingerprint density at radius 1 is 0.951 bits per heavy atom. The van der Waals surface area contributed by atoms with E-state index in [0.717, 1.165) is 34.5 Å². The number of hydrogen-bond donors (Lipinski definition) is 1. The molecule has 220 valence electrons. The maximum atomic E-state index is 13.8. The Morgan fingerprint density at radius 2 is 1.63 bits per heavy atom. The molecule has 3 rings (SSSR count). The van der Waals surface area contributed by atoms with Gasteiger partial charge in [0.1, 0.15) is 11.9 Å². The molecule has 3 aromatic rings. The summed E-state index contributed by atoms with van der Waals surface area (Å²) in [6.45, 7) is 2.72. The van der Waals surface area contributed by atoms with E-state index in [1.54, 1.807) is 23.1 Å². The molecule has 0 radical (unpaired) electrons. The number of hydrogen-bond acceptors (Lipinski definition) is 4. The van der Waals surface area contributed by atoms with E-state index >= 15 is 0 Å². The van der Waals surface area contributed by atoms with E-state index in [1.165, 1.54) is 24.3 Å². The number of amides is 2. The number of unbranched alkanes of at least 4 members (excludes halogenated alkanes) is 1. The van der Waals surface area contributed by atoms with Gasteiger partial charge in [0.2, 0.25) is 21.8 Å². The van der Waals surface area contributed by atoms with Crippen molar-refractivity contribution in [1.29, 1.82) is 0 Å². The highest BCUT2D eigenvalue weighted by atomic mass is 35.5. The Balaban J connectivity index is 1.86. The first-order valence-electron chi connectivity index (χ1n) is 13.7. The Kier molecular flexibility index (Phi) is 12.2. The maximum absolute atomic E-state index is 13.8. The fourth-order valence-corrected chi connectivity index (χ4v) is 5.68. The van der Waals surface area contributed by atoms with Crippen LogP contribution in [-0.2, 0) is 32.6 Å². The van der Waals surface area contributed by atoms with Gasteiger partial charge in [0, 0.05) is 37.5 Å². The third-order valence-corrected chi connectivity index (χ3v) is 8.04. The summed E-state index contributed by atoms with van der Waals surface area (Å²) >= 11 is 6.22. The molecular formula is C31H37ClFN3O4S. The SMILES string of the molecule is CCCCNC(=O)C(Cc1ccccc1)N(Cc1cccc(Cl)c1)C(=O)CCCN(c1ccc(F)cc1)S(C)(=O)=O. The van der Waals surface area contributed by atoms with Gasteiger partial charge in [0.15, 0.2) is 0 Å². The van der Waals surface area contributed by atoms with Crippen molar-refractivity contribution in [3.05, 3.63) is 101 Å². The van der Waals surface area contributed by atoms with Crippen molar-refractivity contribution in [3.8, 4) is 0 Å². The first kappa shape index (κ1) is 32.1. The lowest BCUT2D eigenvalue weighted by Crippen LogP contribution is -2.50. The number of carbonyl (C=O) groups is 2. The fraction of sp³-hybridized carbons (Fsp3) is 0.355. The molecule has 0 aromatic heterocycles. The van der Waals surface area contributed by atoms with Crippen LogP contribution in [0.2, 0.25) is 5.02 Å². The molecule has 0 aliphatic rings. The lowest BCUT2D eigenvalue weighted by atomic mass is 10.0. The van der Waals surface area contributed by atoms with Gasteiger partial charge in [-0.3, -0.25) is 13.9 Å². The molecule has 1 N–H and O–H groups in total. The number of benzene rings is 3. The molecule has 0 aliphatic heterocycles. The summed E-state index contributed by atoms with van der Waals surface area (Å²) in [5, 5.41) is 3.50. The zero-order valence-corrected chi connectivity index (χ0v) is 25.0. The average molecular weight is 602 g/mol. The monoisotopic (exact) mass is 601 g/mol. The van der Waals surface area contributed by atoms with Crippen LogP contribution in [0.15, 0.2) is 78.9 Å². The number of nitrogens with one attached hydrogen (secondary N) is 1. The second kappa shape index (κ2) is 15.5. The molecule has 0 heterocycles. The molecule has 0 saturated carbocycles. The van der Waals surface area contributed by atoms with Gasteiger partial charge < -0.3 is 10.2 Å². The van der Waals surface area contributed by atoms with E-state index in [0.29, 0.717) is 23.7 Å². The summed E-state index contributed by atoms with van der Waals surface area (Å²) in [5.41, 5.74) is 2.00. The predicted molar refractivity (Wildman–Crippen MR) is 162 cm³/mol. The van der Waals surface area contributed by atoms with Crippen LogP contribution < -0.4 is 9.62 Å². The fourth-order valence-electron chi connectivity index (χ4n) is 4.50. The maximum Gasteiger partial charge on any atom is 0.243 e. The number of halogens is 2. The van der Waals surface area contributed by atoms with E-state index in [2.05, 4.69) is 5.32 Å². The zero-order chi connectivity index (χ0) is 29.8. The first-order chi connectivity index (χ1) is 19.6. The topological polar surface area (TPSA) is 86.8 Å². The lowest BCUT2D eigenvalue weighted by Gasteiger charge is -2.32. The van der Waals surface area contributed by atoms with Crippen LogP contribution in [0.3, 0.4) is 0 Å². The highest BCUT2D eigenvalue weighted by Crippen LogP contribution is 2.21. The molecule has 10 heteroatoms. The van der Waals surface area contributed by atoms with Gasteiger partial charge in [0.25, 0.3) is 0 Å². The lowest BCUT2D eigenvalue weighted by molar-refractivity contribution is -0.141. The second-order valence-electron chi connectivity index (χ2n) is 9.92. The van der Waals surface area contributed by atoms with Gasteiger partial charge in [-0.25, -0.2) is 12.8 Å². The van der Waals surface area contributed by atoms with Gasteiger partial charge >= 0.3 is 0 Å². The van der Waals surface area contributed by atoms with Crippen molar-refractivity contribution in [3.63, 3.8) is 0 Å². The number of sulfonamides is 1. The molecule has 3 aromatic carbocycles. The normalized spacial score (nSPS) is 12.0. The van der Waals surface area contributed by atoms with E-state index in [9.17, 15) is 22.4 Å². The van der Waals surface area contributed by atoms with E-state index in [-0.39, 0.29) is 37.7 Å². The van der Waals surface area contributed by atoms with Crippen LogP contribution in [0.4, 0.5) is 10.1 Å². The number of rotatable bonds is 15. The minimum atomic E-state index is -3.68. The third kappa shape index (κ3) is 10.2. The average Bonchev–Trinajstić information content (AvgIpc) is 2.93. The number of carbonyl (C=O) groups excluding carboxylic acids is 2. The van der Waals surface area contributed by atoms with Crippen molar-refractivity contribution in [2.45, 2.75) is 51.6 Å². The molecule has 0 bridgehead atoms. The summed E-state index contributed by atoms with van der Waals surface area (Å²) in [5.74, 6) is -1.01. The van der Waals surface area contributed by atoms with Crippen LogP contribution in [0, 0.1) is 5.82 Å². The standard InChI is InChI=1S/C31H37ClFN3O4S/c1-3-4-19-34-31(38)29(22-24-10-6-5-7-11-24)35(23-25-12-8-13-26(32)21-25)30(37)14-9-20-36(41(2,39)40)28-17-15-27(33)16-18-28/h5-8,10-13,15-18,21,29H,3-4,9,14,19-20,22-23H2,1-2H3,(H,34,38). The summed E-state index contributed by atoms with van der Waals surface area (Å²) in [7, 11) is -3.68. The largest absolute Gasteiger partial charge is 0.354 e. The highest BCUT2D eigenvalue weighted by molar-refractivity contribution is 7.92. The number of nitrogens with zero attached hydrogens (tertiary/aromatic N) is 2. The summed E-state index contributed by atoms with van der Waals surface area (Å²) in [6, 6.07) is 21.0. The highest BCUT2D eigenvalue weighted by Gasteiger charge is 2.30. The predicted octanol–water partition coefficient (Wildman–Crippen LogP) is 5.58. The Bertz CT molecular complexity index is 1390. The smallest absolute Gasteiger partial charge is 0.243 e. The minimum Gasteiger partial charge on any atom is -0.354 e. The molecule has 7 nitrogen and oxygen atoms in total. The van der Waals surface area contributed by atoms with Crippen LogP contribution in [0.25, 0.3) is 0 Å². The third-order valence-electron chi connectivity index (χ3n) is 6.61. The first-order valence-corrected chi connectivity index (χ1v) is 15.9. The van der Waals surface area contributed by atoms with Crippen LogP contribution in [0.1, 0.15) is 43.7 Å². The summed E-state index contributed by atoms with van der Waals surface area (Å²) in [4.78, 5) is 28.9. The molecule has 0 spiro atoms. The Hall–Kier alpha value is -3.43. The van der Waals surface area contributed by atoms with Crippen molar-refractivity contribution in [1.82, 2.24) is 10.2 Å². The van der Waals surface area contributed by atoms with Crippen LogP contribution >= 0.6 is 11.6 Å². The van der Waals surface area contributed by atoms with Crippen molar-refractivity contribution < 1.29 is 22.4 Å². The molecule has 0 saturated heterocycles. The Morgan fingerprint density at radius 3 is 2.27 bits per heavy atom. The molecule has 1 unspecified atom stereocenters. The van der Waals surface area contributed by atoms with Gasteiger partial charge in [-0.15, -0.1) is 0 Å². The second-order valence-corrected chi connectivity index (χ2v) is 12.3. The van der Waals surface area contributed by atoms with Gasteiger partial charge in [-0.05, 0) is 60.4 Å². The molecule has 41 heavy (non-hydrogen) atoms. The summed E-state index contributed by atoms with van der Waals surface area (Å²) < 4.78 is 39.6. The van der Waals surface area contributed by atoms with Crippen LogP contribution in [-0.4, -0.2) is 50.5 Å². The van der Waals surface area contributed by atoms with Gasteiger partial charge in [0.05, 0.1) is 11.9 Å². The van der Waals surface area contributed by atoms with E-state index in [4.69, 9.17) is 11.6 Å². The van der Waals surface area contributed by atoms with Crippen molar-refractivity contribution in [2.75, 3.05) is 23.7 Å². The quantitative estimate of drug-likeness (QED) is 0.230. The molecular weight excluding hydrogens is 565 g/mol. The summed E-state index contributed by atoms with van der Waals surface area (Å²) in [6.07, 6.45) is 3.32. The van der Waals surface area contributed by atoms with Gasteiger partial charge in [-0.2, -0.15) is 0 Å². The zero-order valence-electron chi connectivity index (χ0n) is 23.4. The molecule has 2 amide bonds.